The van der Waals surface area contributed by atoms with E-state index >= 15 is 0 Å². The number of benzene rings is 1. The fourth-order valence-electron chi connectivity index (χ4n) is 1.66. The lowest BCUT2D eigenvalue weighted by atomic mass is 10.2. The molecule has 0 spiro atoms. The highest BCUT2D eigenvalue weighted by Crippen LogP contribution is 2.20. The van der Waals surface area contributed by atoms with Crippen LogP contribution >= 0.6 is 0 Å². The smallest absolute Gasteiger partial charge is 0.146 e. The maximum absolute atomic E-state index is 13.5. The summed E-state index contributed by atoms with van der Waals surface area (Å²) in [5, 5.41) is 3.06. The summed E-state index contributed by atoms with van der Waals surface area (Å²) in [6.07, 6.45) is 4.32. The lowest BCUT2D eigenvalue weighted by Gasteiger charge is -2.09. The number of anilines is 1. The van der Waals surface area contributed by atoms with E-state index in [2.05, 4.69) is 10.3 Å². The quantitative estimate of drug-likeness (QED) is 0.880. The first-order valence-electron chi connectivity index (χ1n) is 5.76. The Morgan fingerprint density at radius 3 is 2.72 bits per heavy atom. The molecule has 4 heteroatoms. The predicted octanol–water partition coefficient (Wildman–Crippen LogP) is 2.88. The highest BCUT2D eigenvalue weighted by Gasteiger charge is 2.03. The SMILES string of the molecule is COc1ccc(F)c(NCCc2ccncc2)c1. The van der Waals surface area contributed by atoms with Crippen LogP contribution in [-0.4, -0.2) is 18.6 Å². The summed E-state index contributed by atoms with van der Waals surface area (Å²) in [4.78, 5) is 3.95. The Kier molecular flexibility index (Phi) is 4.12. The first-order valence-corrected chi connectivity index (χ1v) is 5.76. The second kappa shape index (κ2) is 6.00. The third-order valence-electron chi connectivity index (χ3n) is 2.65. The maximum Gasteiger partial charge on any atom is 0.146 e. The fraction of sp³-hybridized carbons (Fsp3) is 0.214. The minimum absolute atomic E-state index is 0.273. The van der Waals surface area contributed by atoms with Crippen LogP contribution < -0.4 is 10.1 Å². The molecule has 0 bridgehead atoms. The summed E-state index contributed by atoms with van der Waals surface area (Å²) in [6.45, 7) is 0.661. The van der Waals surface area contributed by atoms with Crippen LogP contribution in [0.15, 0.2) is 42.7 Å². The number of rotatable bonds is 5. The van der Waals surface area contributed by atoms with E-state index in [-0.39, 0.29) is 5.82 Å². The fourth-order valence-corrected chi connectivity index (χ4v) is 1.66. The van der Waals surface area contributed by atoms with Gasteiger partial charge >= 0.3 is 0 Å². The highest BCUT2D eigenvalue weighted by atomic mass is 19.1. The summed E-state index contributed by atoms with van der Waals surface area (Å²) >= 11 is 0. The first kappa shape index (κ1) is 12.4. The molecule has 0 saturated heterocycles. The van der Waals surface area contributed by atoms with Gasteiger partial charge in [0, 0.05) is 25.0 Å². The number of nitrogens with zero attached hydrogens (tertiary/aromatic N) is 1. The van der Waals surface area contributed by atoms with Gasteiger partial charge in [0.15, 0.2) is 0 Å². The zero-order chi connectivity index (χ0) is 12.8. The zero-order valence-corrected chi connectivity index (χ0v) is 10.2. The molecule has 1 aromatic carbocycles. The molecule has 0 fully saturated rings. The van der Waals surface area contributed by atoms with Crippen molar-refractivity contribution in [2.45, 2.75) is 6.42 Å². The number of hydrogen-bond acceptors (Lipinski definition) is 3. The number of aromatic nitrogens is 1. The molecule has 2 rings (SSSR count). The number of halogens is 1. The lowest BCUT2D eigenvalue weighted by molar-refractivity contribution is 0.414. The standard InChI is InChI=1S/C14H15FN2O/c1-18-12-2-3-13(15)14(10-12)17-9-6-11-4-7-16-8-5-11/h2-5,7-8,10,17H,6,9H2,1H3. The van der Waals surface area contributed by atoms with Crippen LogP contribution in [0.5, 0.6) is 5.75 Å². The molecule has 1 aromatic heterocycles. The summed E-state index contributed by atoms with van der Waals surface area (Å²) < 4.78 is 18.6. The average molecular weight is 246 g/mol. The second-order valence-electron chi connectivity index (χ2n) is 3.88. The molecule has 3 nitrogen and oxygen atoms in total. The topological polar surface area (TPSA) is 34.1 Å². The van der Waals surface area contributed by atoms with Gasteiger partial charge in [-0.05, 0) is 36.2 Å². The molecule has 0 amide bonds. The van der Waals surface area contributed by atoms with Crippen LogP contribution in [-0.2, 0) is 6.42 Å². The van der Waals surface area contributed by atoms with Crippen molar-refractivity contribution in [3.8, 4) is 5.75 Å². The van der Waals surface area contributed by atoms with Gasteiger partial charge in [-0.15, -0.1) is 0 Å². The van der Waals surface area contributed by atoms with Gasteiger partial charge in [-0.3, -0.25) is 4.98 Å². The monoisotopic (exact) mass is 246 g/mol. The van der Waals surface area contributed by atoms with Crippen molar-refractivity contribution in [3.05, 3.63) is 54.1 Å². The summed E-state index contributed by atoms with van der Waals surface area (Å²) in [6, 6.07) is 8.55. The Balaban J connectivity index is 1.94. The Labute approximate surface area is 106 Å². The number of hydrogen-bond donors (Lipinski definition) is 1. The minimum atomic E-state index is -0.273. The molecule has 0 radical (unpaired) electrons. The molecule has 2 aromatic rings. The molecule has 0 atom stereocenters. The van der Waals surface area contributed by atoms with E-state index in [0.717, 1.165) is 6.42 Å². The number of nitrogens with one attached hydrogen (secondary N) is 1. The Hall–Kier alpha value is -2.10. The van der Waals surface area contributed by atoms with Gasteiger partial charge in [0.2, 0.25) is 0 Å². The van der Waals surface area contributed by atoms with Crippen LogP contribution in [0, 0.1) is 5.82 Å². The minimum Gasteiger partial charge on any atom is -0.497 e. The van der Waals surface area contributed by atoms with Crippen LogP contribution in [0.2, 0.25) is 0 Å². The van der Waals surface area contributed by atoms with Crippen molar-refractivity contribution in [1.82, 2.24) is 4.98 Å². The van der Waals surface area contributed by atoms with Gasteiger partial charge in [-0.2, -0.15) is 0 Å². The van der Waals surface area contributed by atoms with Crippen LogP contribution in [0.25, 0.3) is 0 Å². The molecular formula is C14H15FN2O. The zero-order valence-electron chi connectivity index (χ0n) is 10.2. The van der Waals surface area contributed by atoms with Gasteiger partial charge < -0.3 is 10.1 Å². The number of pyridine rings is 1. The maximum atomic E-state index is 13.5. The van der Waals surface area contributed by atoms with Crippen molar-refractivity contribution in [1.29, 1.82) is 0 Å². The number of ether oxygens (including phenoxy) is 1. The highest BCUT2D eigenvalue weighted by molar-refractivity contribution is 5.49. The number of methoxy groups -OCH3 is 1. The van der Waals surface area contributed by atoms with E-state index in [4.69, 9.17) is 4.74 Å². The van der Waals surface area contributed by atoms with Gasteiger partial charge in [0.1, 0.15) is 11.6 Å². The van der Waals surface area contributed by atoms with Crippen LogP contribution in [0.4, 0.5) is 10.1 Å². The summed E-state index contributed by atoms with van der Waals surface area (Å²) in [5.74, 6) is 0.369. The van der Waals surface area contributed by atoms with E-state index in [9.17, 15) is 4.39 Å². The largest absolute Gasteiger partial charge is 0.497 e. The Bertz CT molecular complexity index is 502. The van der Waals surface area contributed by atoms with Gasteiger partial charge in [0.05, 0.1) is 12.8 Å². The van der Waals surface area contributed by atoms with Crippen molar-refractivity contribution >= 4 is 5.69 Å². The molecule has 18 heavy (non-hydrogen) atoms. The molecular weight excluding hydrogens is 231 g/mol. The Morgan fingerprint density at radius 2 is 2.00 bits per heavy atom. The van der Waals surface area contributed by atoms with Crippen molar-refractivity contribution in [3.63, 3.8) is 0 Å². The van der Waals surface area contributed by atoms with Crippen molar-refractivity contribution < 1.29 is 9.13 Å². The normalized spacial score (nSPS) is 10.1. The van der Waals surface area contributed by atoms with E-state index in [1.165, 1.54) is 11.6 Å². The molecule has 0 saturated carbocycles. The lowest BCUT2D eigenvalue weighted by Crippen LogP contribution is -2.06. The van der Waals surface area contributed by atoms with E-state index in [1.807, 2.05) is 12.1 Å². The second-order valence-corrected chi connectivity index (χ2v) is 3.88. The predicted molar refractivity (Wildman–Crippen MR) is 69.4 cm³/mol. The van der Waals surface area contributed by atoms with Crippen molar-refractivity contribution in [2.24, 2.45) is 0 Å². The third kappa shape index (κ3) is 3.20. The molecule has 94 valence electrons. The van der Waals surface area contributed by atoms with E-state index in [1.54, 1.807) is 31.6 Å². The summed E-state index contributed by atoms with van der Waals surface area (Å²) in [7, 11) is 1.56. The van der Waals surface area contributed by atoms with Gasteiger partial charge in [-0.1, -0.05) is 0 Å². The molecule has 0 unspecified atom stereocenters. The van der Waals surface area contributed by atoms with E-state index in [0.29, 0.717) is 18.0 Å². The molecule has 0 aliphatic carbocycles. The van der Waals surface area contributed by atoms with Gasteiger partial charge in [0.25, 0.3) is 0 Å². The van der Waals surface area contributed by atoms with Crippen LogP contribution in [0.3, 0.4) is 0 Å². The third-order valence-corrected chi connectivity index (χ3v) is 2.65. The molecule has 0 aliphatic heterocycles. The first-order chi connectivity index (χ1) is 8.79. The molecule has 1 heterocycles. The van der Waals surface area contributed by atoms with Crippen LogP contribution in [0.1, 0.15) is 5.56 Å². The average Bonchev–Trinajstić information content (AvgIpc) is 2.42. The van der Waals surface area contributed by atoms with E-state index < -0.39 is 0 Å². The molecule has 1 N–H and O–H groups in total. The molecule has 0 aliphatic rings. The van der Waals surface area contributed by atoms with Gasteiger partial charge in [-0.25, -0.2) is 4.39 Å². The summed E-state index contributed by atoms with van der Waals surface area (Å²) in [5.41, 5.74) is 1.63. The van der Waals surface area contributed by atoms with Crippen molar-refractivity contribution in [2.75, 3.05) is 19.0 Å². The Morgan fingerprint density at radius 1 is 1.22 bits per heavy atom.